The van der Waals surface area contributed by atoms with Gasteiger partial charge in [-0.3, -0.25) is 9.69 Å². The molecule has 0 bridgehead atoms. The van der Waals surface area contributed by atoms with Gasteiger partial charge in [-0.25, -0.2) is 4.39 Å². The molecule has 1 aromatic carbocycles. The molecule has 5 nitrogen and oxygen atoms in total. The second kappa shape index (κ2) is 9.62. The Morgan fingerprint density at radius 3 is 2.67 bits per heavy atom. The third kappa shape index (κ3) is 5.50. The summed E-state index contributed by atoms with van der Waals surface area (Å²) in [5, 5.41) is 3.10. The molecule has 27 heavy (non-hydrogen) atoms. The van der Waals surface area contributed by atoms with Crippen LogP contribution in [0.2, 0.25) is 0 Å². The van der Waals surface area contributed by atoms with E-state index in [1.165, 1.54) is 12.5 Å². The van der Waals surface area contributed by atoms with Crippen molar-refractivity contribution in [3.8, 4) is 0 Å². The zero-order valence-corrected chi connectivity index (χ0v) is 16.1. The Balaban J connectivity index is 1.64. The monoisotopic (exact) mass is 377 g/mol. The SMILES string of the molecule is NCC1(CC(=O)NCC(c2cccc(F)c2)N2CCOCC2)CCCCC1. The summed E-state index contributed by atoms with van der Waals surface area (Å²) in [6.45, 7) is 3.93. The van der Waals surface area contributed by atoms with Gasteiger partial charge >= 0.3 is 0 Å². The molecule has 1 amide bonds. The Hall–Kier alpha value is -1.50. The Kier molecular flexibility index (Phi) is 7.21. The summed E-state index contributed by atoms with van der Waals surface area (Å²) in [6.07, 6.45) is 6.11. The van der Waals surface area contributed by atoms with Gasteiger partial charge in [0.25, 0.3) is 0 Å². The first-order valence-corrected chi connectivity index (χ1v) is 10.2. The Bertz CT molecular complexity index is 613. The van der Waals surface area contributed by atoms with Crippen LogP contribution in [0.4, 0.5) is 4.39 Å². The minimum Gasteiger partial charge on any atom is -0.379 e. The topological polar surface area (TPSA) is 67.6 Å². The number of amides is 1. The van der Waals surface area contributed by atoms with Gasteiger partial charge in [0.1, 0.15) is 5.82 Å². The number of morpholine rings is 1. The van der Waals surface area contributed by atoms with Gasteiger partial charge in [0.2, 0.25) is 5.91 Å². The summed E-state index contributed by atoms with van der Waals surface area (Å²) in [6, 6.07) is 6.62. The molecule has 3 N–H and O–H groups in total. The third-order valence-corrected chi connectivity index (χ3v) is 6.10. The average molecular weight is 378 g/mol. The maximum Gasteiger partial charge on any atom is 0.220 e. The molecular formula is C21H32FN3O2. The lowest BCUT2D eigenvalue weighted by Crippen LogP contribution is -2.45. The van der Waals surface area contributed by atoms with E-state index in [9.17, 15) is 9.18 Å². The van der Waals surface area contributed by atoms with Gasteiger partial charge in [0.15, 0.2) is 0 Å². The van der Waals surface area contributed by atoms with Gasteiger partial charge in [-0.1, -0.05) is 31.4 Å². The lowest BCUT2D eigenvalue weighted by Gasteiger charge is -2.37. The van der Waals surface area contributed by atoms with E-state index in [-0.39, 0.29) is 23.2 Å². The van der Waals surface area contributed by atoms with E-state index >= 15 is 0 Å². The van der Waals surface area contributed by atoms with Gasteiger partial charge in [-0.15, -0.1) is 0 Å². The van der Waals surface area contributed by atoms with Crippen molar-refractivity contribution in [2.24, 2.45) is 11.1 Å². The zero-order chi connectivity index (χ0) is 19.1. The van der Waals surface area contributed by atoms with E-state index in [0.29, 0.717) is 32.7 Å². The predicted molar refractivity (Wildman–Crippen MR) is 104 cm³/mol. The van der Waals surface area contributed by atoms with Crippen molar-refractivity contribution >= 4 is 5.91 Å². The molecule has 0 aromatic heterocycles. The van der Waals surface area contributed by atoms with Crippen LogP contribution in [0.5, 0.6) is 0 Å². The van der Waals surface area contributed by atoms with E-state index in [2.05, 4.69) is 10.2 Å². The Morgan fingerprint density at radius 1 is 1.26 bits per heavy atom. The van der Waals surface area contributed by atoms with E-state index < -0.39 is 0 Å². The van der Waals surface area contributed by atoms with Crippen LogP contribution in [-0.2, 0) is 9.53 Å². The molecule has 1 atom stereocenters. The van der Waals surface area contributed by atoms with Crippen molar-refractivity contribution in [1.82, 2.24) is 10.2 Å². The predicted octanol–water partition coefficient (Wildman–Crippen LogP) is 2.61. The quantitative estimate of drug-likeness (QED) is 0.767. The number of nitrogens with two attached hydrogens (primary N) is 1. The zero-order valence-electron chi connectivity index (χ0n) is 16.1. The van der Waals surface area contributed by atoms with Crippen molar-refractivity contribution in [3.05, 3.63) is 35.6 Å². The van der Waals surface area contributed by atoms with Crippen LogP contribution >= 0.6 is 0 Å². The van der Waals surface area contributed by atoms with Gasteiger partial charge in [-0.05, 0) is 42.5 Å². The average Bonchev–Trinajstić information content (AvgIpc) is 2.70. The van der Waals surface area contributed by atoms with Crippen molar-refractivity contribution < 1.29 is 13.9 Å². The number of carbonyl (C=O) groups excluding carboxylic acids is 1. The van der Waals surface area contributed by atoms with Gasteiger partial charge in [0.05, 0.1) is 19.3 Å². The Labute approximate surface area is 161 Å². The largest absolute Gasteiger partial charge is 0.379 e. The minimum absolute atomic E-state index is 0.0460. The van der Waals surface area contributed by atoms with Gasteiger partial charge in [-0.2, -0.15) is 0 Å². The fraction of sp³-hybridized carbons (Fsp3) is 0.667. The van der Waals surface area contributed by atoms with Crippen LogP contribution in [0, 0.1) is 11.2 Å². The van der Waals surface area contributed by atoms with Crippen LogP contribution in [0.25, 0.3) is 0 Å². The molecule has 150 valence electrons. The first-order valence-electron chi connectivity index (χ1n) is 10.2. The number of ether oxygens (including phenoxy) is 1. The number of benzene rings is 1. The molecule has 3 rings (SSSR count). The summed E-state index contributed by atoms with van der Waals surface area (Å²) >= 11 is 0. The van der Waals surface area contributed by atoms with Crippen LogP contribution in [-0.4, -0.2) is 50.2 Å². The highest BCUT2D eigenvalue weighted by Gasteiger charge is 2.33. The van der Waals surface area contributed by atoms with Gasteiger partial charge in [0, 0.05) is 26.1 Å². The molecule has 1 aliphatic carbocycles. The highest BCUT2D eigenvalue weighted by molar-refractivity contribution is 5.76. The normalized spacial score (nSPS) is 21.6. The molecule has 1 saturated carbocycles. The molecule has 1 aliphatic heterocycles. The number of rotatable bonds is 7. The van der Waals surface area contributed by atoms with Crippen molar-refractivity contribution in [2.75, 3.05) is 39.4 Å². The molecule has 2 fully saturated rings. The summed E-state index contributed by atoms with van der Waals surface area (Å²) in [5.41, 5.74) is 6.87. The molecule has 0 radical (unpaired) electrons. The van der Waals surface area contributed by atoms with Crippen molar-refractivity contribution in [2.45, 2.75) is 44.6 Å². The van der Waals surface area contributed by atoms with Crippen LogP contribution in [0.3, 0.4) is 0 Å². The van der Waals surface area contributed by atoms with Crippen LogP contribution in [0.1, 0.15) is 50.1 Å². The lowest BCUT2D eigenvalue weighted by atomic mass is 9.71. The molecule has 1 heterocycles. The number of hydrogen-bond acceptors (Lipinski definition) is 4. The Morgan fingerprint density at radius 2 is 2.00 bits per heavy atom. The third-order valence-electron chi connectivity index (χ3n) is 6.10. The molecule has 0 spiro atoms. The number of hydrogen-bond donors (Lipinski definition) is 2. The highest BCUT2D eigenvalue weighted by atomic mass is 19.1. The number of nitrogens with zero attached hydrogens (tertiary/aromatic N) is 1. The van der Waals surface area contributed by atoms with Crippen molar-refractivity contribution in [3.63, 3.8) is 0 Å². The maximum absolute atomic E-state index is 13.8. The highest BCUT2D eigenvalue weighted by Crippen LogP contribution is 2.38. The van der Waals surface area contributed by atoms with E-state index in [0.717, 1.165) is 44.3 Å². The minimum atomic E-state index is -0.249. The number of halogens is 1. The lowest BCUT2D eigenvalue weighted by molar-refractivity contribution is -0.124. The molecule has 1 saturated heterocycles. The molecule has 6 heteroatoms. The molecule has 2 aliphatic rings. The first kappa shape index (κ1) is 20.2. The van der Waals surface area contributed by atoms with E-state index in [1.54, 1.807) is 12.1 Å². The summed E-state index contributed by atoms with van der Waals surface area (Å²) in [4.78, 5) is 14.9. The summed E-state index contributed by atoms with van der Waals surface area (Å²) in [7, 11) is 0. The fourth-order valence-corrected chi connectivity index (χ4v) is 4.43. The smallest absolute Gasteiger partial charge is 0.220 e. The van der Waals surface area contributed by atoms with Gasteiger partial charge < -0.3 is 15.8 Å². The first-order chi connectivity index (χ1) is 13.1. The number of carbonyl (C=O) groups is 1. The molecule has 1 aromatic rings. The maximum atomic E-state index is 13.8. The second-order valence-corrected chi connectivity index (χ2v) is 7.96. The van der Waals surface area contributed by atoms with Crippen LogP contribution < -0.4 is 11.1 Å². The second-order valence-electron chi connectivity index (χ2n) is 7.96. The van der Waals surface area contributed by atoms with Crippen LogP contribution in [0.15, 0.2) is 24.3 Å². The number of nitrogens with one attached hydrogen (secondary N) is 1. The van der Waals surface area contributed by atoms with E-state index in [1.807, 2.05) is 6.07 Å². The summed E-state index contributed by atoms with van der Waals surface area (Å²) < 4.78 is 19.2. The standard InChI is InChI=1S/C21H32FN3O2/c22-18-6-4-5-17(13-18)19(25-9-11-27-12-10-25)15-24-20(26)14-21(16-23)7-2-1-3-8-21/h4-6,13,19H,1-3,7-12,14-16,23H2,(H,24,26). The molecular weight excluding hydrogens is 345 g/mol. The fourth-order valence-electron chi connectivity index (χ4n) is 4.43. The van der Waals surface area contributed by atoms with Crippen molar-refractivity contribution in [1.29, 1.82) is 0 Å². The van der Waals surface area contributed by atoms with E-state index in [4.69, 9.17) is 10.5 Å². The molecule has 1 unspecified atom stereocenters. The summed E-state index contributed by atoms with van der Waals surface area (Å²) in [5.74, 6) is -0.196.